The van der Waals surface area contributed by atoms with Gasteiger partial charge in [-0.3, -0.25) is 0 Å². The van der Waals surface area contributed by atoms with Gasteiger partial charge in [0.05, 0.1) is 5.69 Å². The van der Waals surface area contributed by atoms with Gasteiger partial charge >= 0.3 is 0 Å². The third kappa shape index (κ3) is 2.49. The summed E-state index contributed by atoms with van der Waals surface area (Å²) in [4.78, 5) is 3.92. The van der Waals surface area contributed by atoms with E-state index in [1.165, 1.54) is 12.1 Å². The van der Waals surface area contributed by atoms with E-state index in [1.807, 2.05) is 6.07 Å². The van der Waals surface area contributed by atoms with Crippen LogP contribution < -0.4 is 10.5 Å². The summed E-state index contributed by atoms with van der Waals surface area (Å²) in [5, 5.41) is 8.68. The van der Waals surface area contributed by atoms with E-state index < -0.39 is 5.82 Å². The molecule has 1 heterocycles. The fourth-order valence-corrected chi connectivity index (χ4v) is 1.26. The zero-order valence-corrected chi connectivity index (χ0v) is 8.72. The van der Waals surface area contributed by atoms with Crippen LogP contribution in [-0.4, -0.2) is 4.98 Å². The van der Waals surface area contributed by atoms with E-state index in [9.17, 15) is 4.39 Å². The van der Waals surface area contributed by atoms with E-state index in [0.29, 0.717) is 5.75 Å². The van der Waals surface area contributed by atoms with Crippen molar-refractivity contribution in [1.29, 1.82) is 5.26 Å². The van der Waals surface area contributed by atoms with Gasteiger partial charge in [0.15, 0.2) is 5.75 Å². The van der Waals surface area contributed by atoms with Gasteiger partial charge in [-0.25, -0.2) is 9.37 Å². The van der Waals surface area contributed by atoms with Gasteiger partial charge in [0.1, 0.15) is 17.6 Å². The van der Waals surface area contributed by atoms with Crippen LogP contribution in [0.3, 0.4) is 0 Å². The molecule has 0 atom stereocenters. The van der Waals surface area contributed by atoms with Crippen molar-refractivity contribution in [3.8, 4) is 17.7 Å². The predicted octanol–water partition coefficient (Wildman–Crippen LogP) is 2.47. The zero-order valence-electron chi connectivity index (χ0n) is 8.72. The second-order valence-corrected chi connectivity index (χ2v) is 3.26. The monoisotopic (exact) mass is 229 g/mol. The van der Waals surface area contributed by atoms with Crippen LogP contribution in [0, 0.1) is 17.1 Å². The average molecular weight is 229 g/mol. The maximum atomic E-state index is 12.8. The molecule has 0 saturated carbocycles. The van der Waals surface area contributed by atoms with Gasteiger partial charge in [-0.2, -0.15) is 5.26 Å². The number of hydrogen-bond acceptors (Lipinski definition) is 4. The lowest BCUT2D eigenvalue weighted by Crippen LogP contribution is -1.95. The molecule has 4 nitrogen and oxygen atoms in total. The molecule has 0 bridgehead atoms. The largest absolute Gasteiger partial charge is 0.437 e. The number of aromatic nitrogens is 1. The van der Waals surface area contributed by atoms with Crippen LogP contribution in [0.25, 0.3) is 0 Å². The molecular weight excluding hydrogens is 221 g/mol. The first kappa shape index (κ1) is 10.9. The molecular formula is C12H8FN3O. The summed E-state index contributed by atoms with van der Waals surface area (Å²) in [5.41, 5.74) is 6.00. The fourth-order valence-electron chi connectivity index (χ4n) is 1.26. The summed E-state index contributed by atoms with van der Waals surface area (Å²) >= 11 is 0. The zero-order chi connectivity index (χ0) is 12.3. The Bertz CT molecular complexity index is 593. The summed E-state index contributed by atoms with van der Waals surface area (Å²) in [6, 6.07) is 10.5. The minimum Gasteiger partial charge on any atom is -0.437 e. The third-order valence-corrected chi connectivity index (χ3v) is 2.02. The van der Waals surface area contributed by atoms with Crippen molar-refractivity contribution in [3.63, 3.8) is 0 Å². The van der Waals surface area contributed by atoms with Gasteiger partial charge < -0.3 is 10.5 Å². The smallest absolute Gasteiger partial charge is 0.220 e. The predicted molar refractivity (Wildman–Crippen MR) is 59.8 cm³/mol. The van der Waals surface area contributed by atoms with Gasteiger partial charge in [-0.05, 0) is 18.2 Å². The molecule has 2 aromatic rings. The highest BCUT2D eigenvalue weighted by molar-refractivity contribution is 5.53. The number of pyridine rings is 1. The number of benzene rings is 1. The van der Waals surface area contributed by atoms with Crippen molar-refractivity contribution < 1.29 is 9.13 Å². The maximum Gasteiger partial charge on any atom is 0.220 e. The minimum atomic E-state index is -0.436. The Morgan fingerprint density at radius 2 is 2.12 bits per heavy atom. The lowest BCUT2D eigenvalue weighted by Gasteiger charge is -2.07. The highest BCUT2D eigenvalue weighted by Crippen LogP contribution is 2.26. The molecule has 5 heteroatoms. The maximum absolute atomic E-state index is 12.8. The van der Waals surface area contributed by atoms with Crippen LogP contribution in [0.2, 0.25) is 0 Å². The standard InChI is InChI=1S/C12H8FN3O/c13-8-4-5-11(10(15)6-8)17-12-3-1-2-9(7-14)16-12/h1-6H,15H2. The van der Waals surface area contributed by atoms with E-state index in [2.05, 4.69) is 4.98 Å². The Hall–Kier alpha value is -2.61. The summed E-state index contributed by atoms with van der Waals surface area (Å²) in [6.07, 6.45) is 0. The molecule has 0 amide bonds. The molecule has 84 valence electrons. The number of rotatable bonds is 2. The quantitative estimate of drug-likeness (QED) is 0.803. The molecule has 0 radical (unpaired) electrons. The number of hydrogen-bond donors (Lipinski definition) is 1. The van der Waals surface area contributed by atoms with E-state index in [4.69, 9.17) is 15.7 Å². The topological polar surface area (TPSA) is 71.9 Å². The Kier molecular flexibility index (Phi) is 2.88. The van der Waals surface area contributed by atoms with Crippen molar-refractivity contribution in [1.82, 2.24) is 4.98 Å². The van der Waals surface area contributed by atoms with Crippen LogP contribution in [-0.2, 0) is 0 Å². The van der Waals surface area contributed by atoms with Crippen molar-refractivity contribution in [2.45, 2.75) is 0 Å². The first-order valence-corrected chi connectivity index (χ1v) is 4.79. The molecule has 1 aromatic carbocycles. The van der Waals surface area contributed by atoms with E-state index >= 15 is 0 Å². The van der Waals surface area contributed by atoms with Crippen molar-refractivity contribution >= 4 is 5.69 Å². The van der Waals surface area contributed by atoms with Gasteiger partial charge in [-0.15, -0.1) is 0 Å². The van der Waals surface area contributed by atoms with Crippen LogP contribution in [0.5, 0.6) is 11.6 Å². The average Bonchev–Trinajstić information content (AvgIpc) is 2.33. The molecule has 0 aliphatic carbocycles. The van der Waals surface area contributed by atoms with Crippen molar-refractivity contribution in [2.24, 2.45) is 0 Å². The molecule has 2 rings (SSSR count). The Morgan fingerprint density at radius 1 is 1.29 bits per heavy atom. The molecule has 0 aliphatic heterocycles. The third-order valence-electron chi connectivity index (χ3n) is 2.02. The van der Waals surface area contributed by atoms with Crippen molar-refractivity contribution in [2.75, 3.05) is 5.73 Å². The van der Waals surface area contributed by atoms with Crippen LogP contribution in [0.1, 0.15) is 5.69 Å². The number of nitrogens with zero attached hydrogens (tertiary/aromatic N) is 2. The van der Waals surface area contributed by atoms with Crippen LogP contribution >= 0.6 is 0 Å². The van der Waals surface area contributed by atoms with Gasteiger partial charge in [0.2, 0.25) is 5.88 Å². The van der Waals surface area contributed by atoms with Crippen LogP contribution in [0.15, 0.2) is 36.4 Å². The highest BCUT2D eigenvalue weighted by Gasteiger charge is 2.05. The minimum absolute atomic E-state index is 0.175. The fraction of sp³-hybridized carbons (Fsp3) is 0. The first-order chi connectivity index (χ1) is 8.19. The summed E-state index contributed by atoms with van der Waals surface area (Å²) in [6.45, 7) is 0. The summed E-state index contributed by atoms with van der Waals surface area (Å²) in [7, 11) is 0. The molecule has 0 saturated heterocycles. The Morgan fingerprint density at radius 3 is 2.82 bits per heavy atom. The highest BCUT2D eigenvalue weighted by atomic mass is 19.1. The number of ether oxygens (including phenoxy) is 1. The lowest BCUT2D eigenvalue weighted by molar-refractivity contribution is 0.463. The van der Waals surface area contributed by atoms with E-state index in [0.717, 1.165) is 6.07 Å². The second-order valence-electron chi connectivity index (χ2n) is 3.26. The van der Waals surface area contributed by atoms with Gasteiger partial charge in [0.25, 0.3) is 0 Å². The molecule has 0 aliphatic rings. The molecule has 17 heavy (non-hydrogen) atoms. The summed E-state index contributed by atoms with van der Waals surface area (Å²) < 4.78 is 18.2. The Labute approximate surface area is 97.1 Å². The van der Waals surface area contributed by atoms with Gasteiger partial charge in [0, 0.05) is 12.1 Å². The summed E-state index contributed by atoms with van der Waals surface area (Å²) in [5.74, 6) is 0.102. The SMILES string of the molecule is N#Cc1cccc(Oc2ccc(F)cc2N)n1. The molecule has 0 fully saturated rings. The number of anilines is 1. The van der Waals surface area contributed by atoms with Crippen molar-refractivity contribution in [3.05, 3.63) is 47.9 Å². The lowest BCUT2D eigenvalue weighted by atomic mass is 10.3. The van der Waals surface area contributed by atoms with E-state index in [-0.39, 0.29) is 17.3 Å². The van der Waals surface area contributed by atoms with Gasteiger partial charge in [-0.1, -0.05) is 6.07 Å². The van der Waals surface area contributed by atoms with Crippen LogP contribution in [0.4, 0.5) is 10.1 Å². The number of nitriles is 1. The number of halogens is 1. The molecule has 0 spiro atoms. The normalized spacial score (nSPS) is 9.65. The molecule has 1 aromatic heterocycles. The second kappa shape index (κ2) is 4.49. The first-order valence-electron chi connectivity index (χ1n) is 4.79. The molecule has 0 unspecified atom stereocenters. The number of nitrogens with two attached hydrogens (primary N) is 1. The number of nitrogen functional groups attached to an aromatic ring is 1. The van der Waals surface area contributed by atoms with E-state index in [1.54, 1.807) is 18.2 Å². The Balaban J connectivity index is 2.28. The molecule has 2 N–H and O–H groups in total.